The van der Waals surface area contributed by atoms with Crippen LogP contribution in [0.2, 0.25) is 0 Å². The van der Waals surface area contributed by atoms with Crippen LogP contribution in [0.5, 0.6) is 0 Å². The number of carbonyl (C=O) groups is 1. The molecule has 0 heterocycles. The highest BCUT2D eigenvalue weighted by atomic mass is 19.1. The van der Waals surface area contributed by atoms with Gasteiger partial charge in [-0.05, 0) is 11.6 Å². The van der Waals surface area contributed by atoms with E-state index < -0.39 is 17.8 Å². The third-order valence-corrected chi connectivity index (χ3v) is 2.82. The third kappa shape index (κ3) is 3.39. The minimum absolute atomic E-state index is 0.144. The summed E-state index contributed by atoms with van der Waals surface area (Å²) < 4.78 is 13.6. The van der Waals surface area contributed by atoms with Crippen molar-refractivity contribution in [2.75, 3.05) is 0 Å². The predicted octanol–water partition coefficient (Wildman–Crippen LogP) is 2.74. The molecule has 0 aromatic heterocycles. The zero-order valence-corrected chi connectivity index (χ0v) is 10.2. The molecule has 2 aromatic rings. The van der Waals surface area contributed by atoms with Gasteiger partial charge in [0, 0.05) is 12.1 Å². The van der Waals surface area contributed by atoms with Crippen LogP contribution in [0.15, 0.2) is 54.6 Å². The van der Waals surface area contributed by atoms with Crippen molar-refractivity contribution in [3.05, 3.63) is 71.5 Å². The molecule has 0 saturated carbocycles. The number of carboxylic acids is 1. The van der Waals surface area contributed by atoms with Gasteiger partial charge in [-0.3, -0.25) is 10.1 Å². The molecular weight excluding hydrogens is 245 g/mol. The first-order valence-electron chi connectivity index (χ1n) is 5.93. The van der Waals surface area contributed by atoms with Crippen molar-refractivity contribution in [1.29, 1.82) is 0 Å². The maximum atomic E-state index is 13.6. The van der Waals surface area contributed by atoms with Crippen LogP contribution in [-0.4, -0.2) is 11.1 Å². The van der Waals surface area contributed by atoms with Gasteiger partial charge in [-0.15, -0.1) is 0 Å². The van der Waals surface area contributed by atoms with E-state index in [0.717, 1.165) is 5.56 Å². The van der Waals surface area contributed by atoms with Crippen molar-refractivity contribution < 1.29 is 14.3 Å². The molecule has 98 valence electrons. The molecule has 2 aromatic carbocycles. The quantitative estimate of drug-likeness (QED) is 0.868. The molecule has 0 bridgehead atoms. The van der Waals surface area contributed by atoms with Crippen molar-refractivity contribution in [3.8, 4) is 0 Å². The molecule has 3 nitrogen and oxygen atoms in total. The SMILES string of the molecule is O=C(O)[C@@H](NCc1ccccc1)c1ccccc1F. The van der Waals surface area contributed by atoms with Crippen molar-refractivity contribution in [3.63, 3.8) is 0 Å². The third-order valence-electron chi connectivity index (χ3n) is 2.82. The average molecular weight is 259 g/mol. The van der Waals surface area contributed by atoms with Gasteiger partial charge < -0.3 is 5.11 Å². The highest BCUT2D eigenvalue weighted by Crippen LogP contribution is 2.17. The first kappa shape index (κ1) is 13.2. The molecular formula is C15H14FNO2. The van der Waals surface area contributed by atoms with Gasteiger partial charge in [-0.1, -0.05) is 48.5 Å². The number of aliphatic carboxylic acids is 1. The van der Waals surface area contributed by atoms with E-state index in [4.69, 9.17) is 0 Å². The Labute approximate surface area is 110 Å². The molecule has 0 aliphatic heterocycles. The summed E-state index contributed by atoms with van der Waals surface area (Å²) in [4.78, 5) is 11.2. The minimum atomic E-state index is -1.10. The topological polar surface area (TPSA) is 49.3 Å². The van der Waals surface area contributed by atoms with Gasteiger partial charge in [-0.25, -0.2) is 4.39 Å². The van der Waals surface area contributed by atoms with Gasteiger partial charge >= 0.3 is 5.97 Å². The van der Waals surface area contributed by atoms with Crippen LogP contribution in [0, 0.1) is 5.82 Å². The number of rotatable bonds is 5. The zero-order valence-electron chi connectivity index (χ0n) is 10.2. The van der Waals surface area contributed by atoms with E-state index in [1.807, 2.05) is 30.3 Å². The molecule has 2 rings (SSSR count). The normalized spacial score (nSPS) is 12.1. The Morgan fingerprint density at radius 1 is 1.11 bits per heavy atom. The largest absolute Gasteiger partial charge is 0.480 e. The average Bonchev–Trinajstić information content (AvgIpc) is 2.42. The summed E-state index contributed by atoms with van der Waals surface area (Å²) >= 11 is 0. The summed E-state index contributed by atoms with van der Waals surface area (Å²) in [5.74, 6) is -1.61. The lowest BCUT2D eigenvalue weighted by Gasteiger charge is -2.15. The second-order valence-corrected chi connectivity index (χ2v) is 4.16. The van der Waals surface area contributed by atoms with E-state index in [9.17, 15) is 14.3 Å². The molecule has 1 atom stereocenters. The number of hydrogen-bond donors (Lipinski definition) is 2. The highest BCUT2D eigenvalue weighted by Gasteiger charge is 2.21. The van der Waals surface area contributed by atoms with Crippen LogP contribution in [0.1, 0.15) is 17.2 Å². The van der Waals surface area contributed by atoms with E-state index in [1.165, 1.54) is 18.2 Å². The summed E-state index contributed by atoms with van der Waals surface area (Å²) in [7, 11) is 0. The lowest BCUT2D eigenvalue weighted by molar-refractivity contribution is -0.139. The fourth-order valence-electron chi connectivity index (χ4n) is 1.86. The van der Waals surface area contributed by atoms with E-state index in [-0.39, 0.29) is 5.56 Å². The van der Waals surface area contributed by atoms with Gasteiger partial charge in [0.25, 0.3) is 0 Å². The Hall–Kier alpha value is -2.20. The highest BCUT2D eigenvalue weighted by molar-refractivity contribution is 5.75. The smallest absolute Gasteiger partial charge is 0.325 e. The Kier molecular flexibility index (Phi) is 4.26. The molecule has 0 unspecified atom stereocenters. The lowest BCUT2D eigenvalue weighted by Crippen LogP contribution is -2.28. The number of benzene rings is 2. The second-order valence-electron chi connectivity index (χ2n) is 4.16. The maximum absolute atomic E-state index is 13.6. The molecule has 0 fully saturated rings. The monoisotopic (exact) mass is 259 g/mol. The van der Waals surface area contributed by atoms with Crippen molar-refractivity contribution >= 4 is 5.97 Å². The molecule has 0 spiro atoms. The van der Waals surface area contributed by atoms with Crippen LogP contribution >= 0.6 is 0 Å². The summed E-state index contributed by atoms with van der Waals surface area (Å²) in [5, 5.41) is 12.1. The molecule has 0 amide bonds. The molecule has 0 radical (unpaired) electrons. The number of hydrogen-bond acceptors (Lipinski definition) is 2. The van der Waals surface area contributed by atoms with Gasteiger partial charge in [-0.2, -0.15) is 0 Å². The van der Waals surface area contributed by atoms with E-state index in [2.05, 4.69) is 5.32 Å². The van der Waals surface area contributed by atoms with Crippen LogP contribution in [0.25, 0.3) is 0 Å². The van der Waals surface area contributed by atoms with Gasteiger partial charge in [0.1, 0.15) is 11.9 Å². The Morgan fingerprint density at radius 2 is 1.74 bits per heavy atom. The van der Waals surface area contributed by atoms with Crippen LogP contribution < -0.4 is 5.32 Å². The first-order valence-corrected chi connectivity index (χ1v) is 5.93. The Balaban J connectivity index is 2.14. The Bertz CT molecular complexity index is 557. The molecule has 19 heavy (non-hydrogen) atoms. The van der Waals surface area contributed by atoms with E-state index >= 15 is 0 Å². The number of halogens is 1. The van der Waals surface area contributed by atoms with Crippen LogP contribution in [0.3, 0.4) is 0 Å². The van der Waals surface area contributed by atoms with E-state index in [1.54, 1.807) is 6.07 Å². The zero-order chi connectivity index (χ0) is 13.7. The van der Waals surface area contributed by atoms with Crippen molar-refractivity contribution in [2.24, 2.45) is 0 Å². The van der Waals surface area contributed by atoms with Crippen molar-refractivity contribution in [2.45, 2.75) is 12.6 Å². The second kappa shape index (κ2) is 6.11. The Morgan fingerprint density at radius 3 is 2.37 bits per heavy atom. The number of carboxylic acid groups (broad SMARTS) is 1. The minimum Gasteiger partial charge on any atom is -0.480 e. The molecule has 4 heteroatoms. The lowest BCUT2D eigenvalue weighted by atomic mass is 10.1. The summed E-state index contributed by atoms with van der Waals surface area (Å²) in [6.07, 6.45) is 0. The molecule has 0 aliphatic carbocycles. The molecule has 0 saturated heterocycles. The summed E-state index contributed by atoms with van der Waals surface area (Å²) in [6.45, 7) is 0.367. The molecule has 2 N–H and O–H groups in total. The van der Waals surface area contributed by atoms with Crippen molar-refractivity contribution in [1.82, 2.24) is 5.32 Å². The van der Waals surface area contributed by atoms with Gasteiger partial charge in [0.05, 0.1) is 0 Å². The predicted molar refractivity (Wildman–Crippen MR) is 70.1 cm³/mol. The van der Waals surface area contributed by atoms with E-state index in [0.29, 0.717) is 6.54 Å². The first-order chi connectivity index (χ1) is 9.18. The fourth-order valence-corrected chi connectivity index (χ4v) is 1.86. The fraction of sp³-hybridized carbons (Fsp3) is 0.133. The van der Waals surface area contributed by atoms with Gasteiger partial charge in [0.15, 0.2) is 0 Å². The van der Waals surface area contributed by atoms with Crippen LogP contribution in [0.4, 0.5) is 4.39 Å². The maximum Gasteiger partial charge on any atom is 0.325 e. The standard InChI is InChI=1S/C15H14FNO2/c16-13-9-5-4-8-12(13)14(15(18)19)17-10-11-6-2-1-3-7-11/h1-9,14,17H,10H2,(H,18,19)/t14-/m0/s1. The summed E-state index contributed by atoms with van der Waals surface area (Å²) in [5.41, 5.74) is 1.09. The summed E-state index contributed by atoms with van der Waals surface area (Å²) in [6, 6.07) is 14.2. The van der Waals surface area contributed by atoms with Crippen LogP contribution in [-0.2, 0) is 11.3 Å². The number of nitrogens with one attached hydrogen (secondary N) is 1. The molecule has 0 aliphatic rings. The van der Waals surface area contributed by atoms with Gasteiger partial charge in [0.2, 0.25) is 0 Å².